The van der Waals surface area contributed by atoms with Gasteiger partial charge in [0.1, 0.15) is 17.5 Å². The molecule has 7 heteroatoms. The highest BCUT2D eigenvalue weighted by atomic mass is 35.5. The van der Waals surface area contributed by atoms with Crippen molar-refractivity contribution in [1.29, 1.82) is 0 Å². The van der Waals surface area contributed by atoms with E-state index in [2.05, 4.69) is 16.8 Å². The average molecular weight is 467 g/mol. The Labute approximate surface area is 199 Å². The number of aryl methyl sites for hydroxylation is 2. The number of rotatable bonds is 5. The Kier molecular flexibility index (Phi) is 7.23. The maximum atomic E-state index is 13.8. The summed E-state index contributed by atoms with van der Waals surface area (Å²) in [6.45, 7) is 6.70. The fraction of sp³-hybridized carbons (Fsp3) is 0.346. The Morgan fingerprint density at radius 3 is 2.64 bits per heavy atom. The summed E-state index contributed by atoms with van der Waals surface area (Å²) < 4.78 is 13.8. The molecule has 1 aliphatic rings. The van der Waals surface area contributed by atoms with Crippen molar-refractivity contribution in [3.05, 3.63) is 87.6 Å². The Morgan fingerprint density at radius 1 is 1.06 bits per heavy atom. The van der Waals surface area contributed by atoms with E-state index in [4.69, 9.17) is 16.6 Å². The number of benzene rings is 2. The Balaban J connectivity index is 1.59. The molecule has 1 aromatic heterocycles. The molecule has 0 atom stereocenters. The third-order valence-electron chi connectivity index (χ3n) is 5.94. The maximum Gasteiger partial charge on any atom is 0.253 e. The van der Waals surface area contributed by atoms with Crippen LogP contribution < -0.4 is 4.90 Å². The quantitative estimate of drug-likeness (QED) is 0.526. The minimum Gasteiger partial charge on any atom is -0.354 e. The Morgan fingerprint density at radius 2 is 1.88 bits per heavy atom. The summed E-state index contributed by atoms with van der Waals surface area (Å²) in [6.07, 6.45) is 2.17. The van der Waals surface area contributed by atoms with Crippen molar-refractivity contribution in [3.8, 4) is 0 Å². The topological polar surface area (TPSA) is 49.3 Å². The van der Waals surface area contributed by atoms with Gasteiger partial charge in [-0.2, -0.15) is 0 Å². The van der Waals surface area contributed by atoms with Gasteiger partial charge in [-0.15, -0.1) is 0 Å². The van der Waals surface area contributed by atoms with Crippen molar-refractivity contribution in [2.45, 2.75) is 33.1 Å². The van der Waals surface area contributed by atoms with Crippen molar-refractivity contribution in [2.75, 3.05) is 31.1 Å². The van der Waals surface area contributed by atoms with Gasteiger partial charge < -0.3 is 9.80 Å². The SMILES string of the molecule is CCc1nc(C)nc(N2CCCN(C(=O)c3cccc(Cl)c3)CC2)c1Cc1cccc(F)c1. The van der Waals surface area contributed by atoms with Crippen LogP contribution in [0.25, 0.3) is 0 Å². The molecule has 1 fully saturated rings. The third-order valence-corrected chi connectivity index (χ3v) is 6.18. The van der Waals surface area contributed by atoms with E-state index in [1.54, 1.807) is 36.4 Å². The molecule has 2 heterocycles. The van der Waals surface area contributed by atoms with Gasteiger partial charge in [0.25, 0.3) is 5.91 Å². The highest BCUT2D eigenvalue weighted by Gasteiger charge is 2.24. The van der Waals surface area contributed by atoms with E-state index in [0.717, 1.165) is 47.8 Å². The van der Waals surface area contributed by atoms with E-state index in [-0.39, 0.29) is 11.7 Å². The first kappa shape index (κ1) is 23.2. The largest absolute Gasteiger partial charge is 0.354 e. The highest BCUT2D eigenvalue weighted by molar-refractivity contribution is 6.30. The fourth-order valence-electron chi connectivity index (χ4n) is 4.36. The summed E-state index contributed by atoms with van der Waals surface area (Å²) in [6, 6.07) is 13.8. The second-order valence-electron chi connectivity index (χ2n) is 8.32. The van der Waals surface area contributed by atoms with Crippen LogP contribution in [0.5, 0.6) is 0 Å². The minimum atomic E-state index is -0.245. The van der Waals surface area contributed by atoms with Crippen LogP contribution in [0.1, 0.15) is 46.3 Å². The highest BCUT2D eigenvalue weighted by Crippen LogP contribution is 2.26. The van der Waals surface area contributed by atoms with Gasteiger partial charge in [-0.25, -0.2) is 14.4 Å². The first-order valence-electron chi connectivity index (χ1n) is 11.3. The summed E-state index contributed by atoms with van der Waals surface area (Å²) in [7, 11) is 0. The van der Waals surface area contributed by atoms with Gasteiger partial charge in [0.15, 0.2) is 0 Å². The molecule has 0 aliphatic carbocycles. The summed E-state index contributed by atoms with van der Waals surface area (Å²) in [5, 5.41) is 0.558. The molecule has 2 aromatic carbocycles. The Bertz CT molecular complexity index is 1150. The van der Waals surface area contributed by atoms with Gasteiger partial charge in [0.05, 0.1) is 0 Å². The predicted molar refractivity (Wildman–Crippen MR) is 130 cm³/mol. The number of nitrogens with zero attached hydrogens (tertiary/aromatic N) is 4. The summed E-state index contributed by atoms with van der Waals surface area (Å²) in [4.78, 5) is 26.6. The van der Waals surface area contributed by atoms with E-state index in [9.17, 15) is 9.18 Å². The van der Waals surface area contributed by atoms with E-state index in [0.29, 0.717) is 36.6 Å². The molecule has 0 saturated carbocycles. The number of aromatic nitrogens is 2. The van der Waals surface area contributed by atoms with Crippen molar-refractivity contribution in [1.82, 2.24) is 14.9 Å². The molecule has 5 nitrogen and oxygen atoms in total. The molecule has 0 unspecified atom stereocenters. The van der Waals surface area contributed by atoms with E-state index in [1.165, 1.54) is 6.07 Å². The van der Waals surface area contributed by atoms with E-state index < -0.39 is 0 Å². The van der Waals surface area contributed by atoms with Gasteiger partial charge >= 0.3 is 0 Å². The minimum absolute atomic E-state index is 0.00699. The molecule has 0 spiro atoms. The second kappa shape index (κ2) is 10.3. The van der Waals surface area contributed by atoms with Crippen LogP contribution in [-0.4, -0.2) is 47.0 Å². The lowest BCUT2D eigenvalue weighted by molar-refractivity contribution is 0.0767. The zero-order valence-electron chi connectivity index (χ0n) is 19.0. The van der Waals surface area contributed by atoms with Crippen molar-refractivity contribution in [2.24, 2.45) is 0 Å². The molecule has 33 heavy (non-hydrogen) atoms. The number of carbonyl (C=O) groups is 1. The number of anilines is 1. The maximum absolute atomic E-state index is 13.8. The van der Waals surface area contributed by atoms with Gasteiger partial charge in [0.2, 0.25) is 0 Å². The van der Waals surface area contributed by atoms with Crippen LogP contribution in [0.15, 0.2) is 48.5 Å². The zero-order valence-corrected chi connectivity index (χ0v) is 19.8. The molecular weight excluding hydrogens is 439 g/mol. The molecule has 0 radical (unpaired) electrons. The molecule has 3 aromatic rings. The lowest BCUT2D eigenvalue weighted by Gasteiger charge is -2.26. The van der Waals surface area contributed by atoms with Crippen LogP contribution in [0.3, 0.4) is 0 Å². The average Bonchev–Trinajstić information content (AvgIpc) is 3.06. The first-order valence-corrected chi connectivity index (χ1v) is 11.7. The molecule has 1 amide bonds. The zero-order chi connectivity index (χ0) is 23.4. The molecule has 1 saturated heterocycles. The predicted octanol–water partition coefficient (Wildman–Crippen LogP) is 5.08. The van der Waals surface area contributed by atoms with Crippen LogP contribution in [0, 0.1) is 12.7 Å². The number of amides is 1. The standard InChI is InChI=1S/C26H28ClFN4O/c1-3-24-23(16-19-7-4-10-22(28)15-19)25(30-18(2)29-24)31-11-6-12-32(14-13-31)26(33)20-8-5-9-21(27)17-20/h4-5,7-10,15,17H,3,6,11-14,16H2,1-2H3. The Hall–Kier alpha value is -2.99. The van der Waals surface area contributed by atoms with Gasteiger partial charge in [-0.05, 0) is 55.7 Å². The molecule has 172 valence electrons. The number of hydrogen-bond acceptors (Lipinski definition) is 4. The number of hydrogen-bond donors (Lipinski definition) is 0. The normalized spacial score (nSPS) is 14.3. The molecule has 1 aliphatic heterocycles. The van der Waals surface area contributed by atoms with E-state index in [1.807, 2.05) is 17.9 Å². The van der Waals surface area contributed by atoms with Crippen LogP contribution in [0.4, 0.5) is 10.2 Å². The third kappa shape index (κ3) is 5.50. The van der Waals surface area contributed by atoms with Crippen molar-refractivity contribution < 1.29 is 9.18 Å². The first-order chi connectivity index (χ1) is 15.9. The second-order valence-corrected chi connectivity index (χ2v) is 8.76. The number of halogens is 2. The molecular formula is C26H28ClFN4O. The molecule has 0 bridgehead atoms. The fourth-order valence-corrected chi connectivity index (χ4v) is 4.55. The van der Waals surface area contributed by atoms with Gasteiger partial charge in [0, 0.05) is 54.4 Å². The van der Waals surface area contributed by atoms with Crippen LogP contribution >= 0.6 is 11.6 Å². The monoisotopic (exact) mass is 466 g/mol. The smallest absolute Gasteiger partial charge is 0.253 e. The van der Waals surface area contributed by atoms with Crippen molar-refractivity contribution >= 4 is 23.3 Å². The van der Waals surface area contributed by atoms with E-state index >= 15 is 0 Å². The molecule has 0 N–H and O–H groups in total. The lowest BCUT2D eigenvalue weighted by Crippen LogP contribution is -2.35. The summed E-state index contributed by atoms with van der Waals surface area (Å²) in [5.41, 5.74) is 3.51. The van der Waals surface area contributed by atoms with Gasteiger partial charge in [-0.3, -0.25) is 4.79 Å². The number of carbonyl (C=O) groups excluding carboxylic acids is 1. The lowest BCUT2D eigenvalue weighted by atomic mass is 10.0. The summed E-state index contributed by atoms with van der Waals surface area (Å²) >= 11 is 6.08. The van der Waals surface area contributed by atoms with Crippen LogP contribution in [-0.2, 0) is 12.8 Å². The summed E-state index contributed by atoms with van der Waals surface area (Å²) in [5.74, 6) is 1.36. The molecule has 4 rings (SSSR count). The van der Waals surface area contributed by atoms with Crippen molar-refractivity contribution in [3.63, 3.8) is 0 Å². The van der Waals surface area contributed by atoms with Gasteiger partial charge in [-0.1, -0.05) is 36.7 Å². The van der Waals surface area contributed by atoms with Crippen LogP contribution in [0.2, 0.25) is 5.02 Å².